The zero-order valence-electron chi connectivity index (χ0n) is 10.7. The van der Waals surface area contributed by atoms with E-state index in [1.807, 2.05) is 13.2 Å². The first-order chi connectivity index (χ1) is 7.67. The molecule has 16 heavy (non-hydrogen) atoms. The van der Waals surface area contributed by atoms with Gasteiger partial charge in [0, 0.05) is 26.3 Å². The lowest BCUT2D eigenvalue weighted by Crippen LogP contribution is -2.25. The van der Waals surface area contributed by atoms with Crippen molar-refractivity contribution in [3.8, 4) is 0 Å². The van der Waals surface area contributed by atoms with Gasteiger partial charge in [-0.2, -0.15) is 0 Å². The van der Waals surface area contributed by atoms with Crippen molar-refractivity contribution < 1.29 is 0 Å². The molecule has 1 unspecified atom stereocenters. The van der Waals surface area contributed by atoms with E-state index < -0.39 is 0 Å². The molecular formula is C12H22N4. The average Bonchev–Trinajstić information content (AvgIpc) is 2.29. The Kier molecular flexibility index (Phi) is 5.19. The number of nitrogens with zero attached hydrogens (tertiary/aromatic N) is 3. The summed E-state index contributed by atoms with van der Waals surface area (Å²) >= 11 is 0. The Morgan fingerprint density at radius 3 is 2.81 bits per heavy atom. The molecule has 0 amide bonds. The van der Waals surface area contributed by atoms with Gasteiger partial charge in [0.2, 0.25) is 0 Å². The van der Waals surface area contributed by atoms with Crippen molar-refractivity contribution in [2.75, 3.05) is 25.5 Å². The van der Waals surface area contributed by atoms with Gasteiger partial charge in [0.15, 0.2) is 0 Å². The molecule has 1 heterocycles. The fourth-order valence-corrected chi connectivity index (χ4v) is 1.54. The summed E-state index contributed by atoms with van der Waals surface area (Å²) < 4.78 is 0. The number of rotatable bonds is 6. The molecule has 4 heteroatoms. The van der Waals surface area contributed by atoms with E-state index in [0.29, 0.717) is 5.92 Å². The summed E-state index contributed by atoms with van der Waals surface area (Å²) in [6.45, 7) is 6.25. The maximum atomic E-state index is 4.55. The lowest BCUT2D eigenvalue weighted by Gasteiger charge is -2.21. The summed E-state index contributed by atoms with van der Waals surface area (Å²) in [5.74, 6) is 1.63. The molecule has 0 saturated carbocycles. The molecule has 1 N–H and O–H groups in total. The normalized spacial score (nSPS) is 12.5. The van der Waals surface area contributed by atoms with Gasteiger partial charge in [-0.3, -0.25) is 4.98 Å². The van der Waals surface area contributed by atoms with Crippen LogP contribution in [0.2, 0.25) is 0 Å². The van der Waals surface area contributed by atoms with Crippen molar-refractivity contribution in [1.29, 1.82) is 0 Å². The van der Waals surface area contributed by atoms with Crippen LogP contribution in [0, 0.1) is 5.92 Å². The fourth-order valence-electron chi connectivity index (χ4n) is 1.54. The van der Waals surface area contributed by atoms with Crippen molar-refractivity contribution in [3.05, 3.63) is 18.1 Å². The van der Waals surface area contributed by atoms with E-state index in [2.05, 4.69) is 41.1 Å². The zero-order chi connectivity index (χ0) is 12.0. The van der Waals surface area contributed by atoms with Crippen LogP contribution in [-0.2, 0) is 6.54 Å². The summed E-state index contributed by atoms with van der Waals surface area (Å²) in [5, 5.41) is 3.08. The maximum absolute atomic E-state index is 4.55. The molecule has 0 aliphatic heterocycles. The smallest absolute Gasteiger partial charge is 0.147 e. The van der Waals surface area contributed by atoms with Crippen LogP contribution in [0.1, 0.15) is 26.0 Å². The highest BCUT2D eigenvalue weighted by molar-refractivity contribution is 5.35. The first-order valence-corrected chi connectivity index (χ1v) is 5.84. The molecule has 0 radical (unpaired) electrons. The standard InChI is InChI=1S/C12H22N4/c1-5-10(2)9-16(4)12-8-14-7-11(15-12)6-13-3/h7-8,10,13H,5-6,9H2,1-4H3. The van der Waals surface area contributed by atoms with Gasteiger partial charge in [0.1, 0.15) is 5.82 Å². The largest absolute Gasteiger partial charge is 0.358 e. The van der Waals surface area contributed by atoms with Crippen molar-refractivity contribution in [2.24, 2.45) is 5.92 Å². The average molecular weight is 222 g/mol. The van der Waals surface area contributed by atoms with Crippen LogP contribution in [0.3, 0.4) is 0 Å². The monoisotopic (exact) mass is 222 g/mol. The van der Waals surface area contributed by atoms with Gasteiger partial charge in [0.05, 0.1) is 11.9 Å². The van der Waals surface area contributed by atoms with E-state index in [4.69, 9.17) is 0 Å². The third-order valence-corrected chi connectivity index (χ3v) is 2.70. The number of hydrogen-bond donors (Lipinski definition) is 1. The predicted octanol–water partition coefficient (Wildman–Crippen LogP) is 1.68. The number of hydrogen-bond acceptors (Lipinski definition) is 4. The van der Waals surface area contributed by atoms with Crippen molar-refractivity contribution in [2.45, 2.75) is 26.8 Å². The topological polar surface area (TPSA) is 41.1 Å². The molecule has 0 aliphatic rings. The minimum Gasteiger partial charge on any atom is -0.358 e. The van der Waals surface area contributed by atoms with Crippen molar-refractivity contribution >= 4 is 5.82 Å². The highest BCUT2D eigenvalue weighted by Crippen LogP contribution is 2.11. The van der Waals surface area contributed by atoms with E-state index in [1.54, 1.807) is 6.20 Å². The predicted molar refractivity (Wildman–Crippen MR) is 67.5 cm³/mol. The molecule has 0 spiro atoms. The minimum atomic E-state index is 0.680. The molecule has 1 atom stereocenters. The van der Waals surface area contributed by atoms with Crippen LogP contribution in [0.15, 0.2) is 12.4 Å². The Balaban J connectivity index is 2.67. The Labute approximate surface area is 98.1 Å². The molecule has 1 aromatic heterocycles. The van der Waals surface area contributed by atoms with Gasteiger partial charge in [-0.1, -0.05) is 20.3 Å². The molecule has 0 bridgehead atoms. The molecule has 0 aromatic carbocycles. The van der Waals surface area contributed by atoms with E-state index in [1.165, 1.54) is 6.42 Å². The summed E-state index contributed by atoms with van der Waals surface area (Å²) in [6.07, 6.45) is 4.81. The molecule has 0 fully saturated rings. The Morgan fingerprint density at radius 1 is 1.44 bits per heavy atom. The summed E-state index contributed by atoms with van der Waals surface area (Å²) in [6, 6.07) is 0. The summed E-state index contributed by atoms with van der Waals surface area (Å²) in [4.78, 5) is 10.9. The third-order valence-electron chi connectivity index (χ3n) is 2.70. The summed E-state index contributed by atoms with van der Waals surface area (Å²) in [7, 11) is 3.98. The Morgan fingerprint density at radius 2 is 2.19 bits per heavy atom. The van der Waals surface area contributed by atoms with Gasteiger partial charge in [0.25, 0.3) is 0 Å². The van der Waals surface area contributed by atoms with Crippen LogP contribution in [0.5, 0.6) is 0 Å². The second-order valence-electron chi connectivity index (χ2n) is 4.29. The van der Waals surface area contributed by atoms with Crippen LogP contribution < -0.4 is 10.2 Å². The second-order valence-corrected chi connectivity index (χ2v) is 4.29. The van der Waals surface area contributed by atoms with E-state index in [-0.39, 0.29) is 0 Å². The van der Waals surface area contributed by atoms with Gasteiger partial charge in [-0.15, -0.1) is 0 Å². The zero-order valence-corrected chi connectivity index (χ0v) is 10.7. The first-order valence-electron chi connectivity index (χ1n) is 5.84. The lowest BCUT2D eigenvalue weighted by atomic mass is 10.1. The van der Waals surface area contributed by atoms with Crippen LogP contribution in [-0.4, -0.2) is 30.6 Å². The highest BCUT2D eigenvalue weighted by atomic mass is 15.2. The van der Waals surface area contributed by atoms with Gasteiger partial charge >= 0.3 is 0 Å². The van der Waals surface area contributed by atoms with Crippen molar-refractivity contribution in [1.82, 2.24) is 15.3 Å². The van der Waals surface area contributed by atoms with Crippen molar-refractivity contribution in [3.63, 3.8) is 0 Å². The number of aromatic nitrogens is 2. The Hall–Kier alpha value is -1.16. The van der Waals surface area contributed by atoms with Crippen LogP contribution in [0.25, 0.3) is 0 Å². The van der Waals surface area contributed by atoms with Crippen LogP contribution in [0.4, 0.5) is 5.82 Å². The van der Waals surface area contributed by atoms with E-state index in [0.717, 1.165) is 24.6 Å². The molecule has 1 rings (SSSR count). The van der Waals surface area contributed by atoms with E-state index >= 15 is 0 Å². The molecule has 0 aliphatic carbocycles. The lowest BCUT2D eigenvalue weighted by molar-refractivity contribution is 0.557. The quantitative estimate of drug-likeness (QED) is 0.795. The molecular weight excluding hydrogens is 200 g/mol. The number of anilines is 1. The fraction of sp³-hybridized carbons (Fsp3) is 0.667. The second kappa shape index (κ2) is 6.43. The minimum absolute atomic E-state index is 0.680. The van der Waals surface area contributed by atoms with Crippen LogP contribution >= 0.6 is 0 Å². The SMILES string of the molecule is CCC(C)CN(C)c1cncc(CNC)n1. The molecule has 0 saturated heterocycles. The van der Waals surface area contributed by atoms with Gasteiger partial charge in [-0.05, 0) is 13.0 Å². The number of nitrogens with one attached hydrogen (secondary N) is 1. The molecule has 90 valence electrons. The maximum Gasteiger partial charge on any atom is 0.147 e. The summed E-state index contributed by atoms with van der Waals surface area (Å²) in [5.41, 5.74) is 0.982. The third kappa shape index (κ3) is 3.77. The first kappa shape index (κ1) is 12.9. The van der Waals surface area contributed by atoms with Gasteiger partial charge in [-0.25, -0.2) is 4.98 Å². The van der Waals surface area contributed by atoms with Gasteiger partial charge < -0.3 is 10.2 Å². The molecule has 4 nitrogen and oxygen atoms in total. The van der Waals surface area contributed by atoms with E-state index in [9.17, 15) is 0 Å². The Bertz CT molecular complexity index is 314. The highest BCUT2D eigenvalue weighted by Gasteiger charge is 2.07. The molecule has 1 aromatic rings.